The lowest BCUT2D eigenvalue weighted by Crippen LogP contribution is -2.27. The average molecular weight is 513 g/mol. The number of halogens is 3. The molecule has 35 heavy (non-hydrogen) atoms. The molecule has 14 heteroatoms. The van der Waals surface area contributed by atoms with E-state index >= 15 is 0 Å². The Morgan fingerprint density at radius 2 is 2.11 bits per heavy atom. The quantitative estimate of drug-likeness (QED) is 0.394. The zero-order chi connectivity index (χ0) is 25.2. The molecule has 0 saturated heterocycles. The molecule has 3 heterocycles. The molecule has 10 nitrogen and oxygen atoms in total. The van der Waals surface area contributed by atoms with E-state index in [1.165, 1.54) is 30.9 Å². The molecule has 3 aromatic rings. The third-order valence-corrected chi connectivity index (χ3v) is 6.04. The Morgan fingerprint density at radius 1 is 1.31 bits per heavy atom. The fourth-order valence-corrected chi connectivity index (χ4v) is 4.34. The Balaban J connectivity index is 1.44. The largest absolute Gasteiger partial charge is 0.458 e. The summed E-state index contributed by atoms with van der Waals surface area (Å²) in [6.45, 7) is -0.0982. The number of nitrogens with two attached hydrogens (primary N) is 1. The van der Waals surface area contributed by atoms with Crippen LogP contribution in [0.1, 0.15) is 46.7 Å². The van der Waals surface area contributed by atoms with Gasteiger partial charge < -0.3 is 14.3 Å². The van der Waals surface area contributed by atoms with Crippen LogP contribution >= 0.6 is 0 Å². The lowest BCUT2D eigenvalue weighted by molar-refractivity contribution is 0.103. The summed E-state index contributed by atoms with van der Waals surface area (Å²) < 4.78 is 73.2. The fourth-order valence-electron chi connectivity index (χ4n) is 3.95. The molecule has 1 aliphatic rings. The lowest BCUT2D eigenvalue weighted by atomic mass is 10.1. The molecule has 0 aliphatic heterocycles. The summed E-state index contributed by atoms with van der Waals surface area (Å²) in [5.41, 5.74) is 0.394. The molecule has 0 spiro atoms. The van der Waals surface area contributed by atoms with E-state index in [1.807, 2.05) is 0 Å². The normalized spacial score (nSPS) is 20.4. The number of hydrogen-bond acceptors (Lipinski definition) is 8. The maximum atomic E-state index is 14.6. The summed E-state index contributed by atoms with van der Waals surface area (Å²) >= 11 is 0. The summed E-state index contributed by atoms with van der Waals surface area (Å²) in [6, 6.07) is 3.45. The van der Waals surface area contributed by atoms with E-state index in [2.05, 4.69) is 19.5 Å². The van der Waals surface area contributed by atoms with Crippen molar-refractivity contribution < 1.29 is 35.0 Å². The highest BCUT2D eigenvalue weighted by Gasteiger charge is 2.36. The van der Waals surface area contributed by atoms with Gasteiger partial charge in [-0.3, -0.25) is 8.98 Å². The number of nitrogens with zero attached hydrogens (tertiary/aromatic N) is 3. The first-order chi connectivity index (χ1) is 16.6. The Labute approximate surface area is 198 Å². The molecule has 0 bridgehead atoms. The van der Waals surface area contributed by atoms with Gasteiger partial charge in [-0.2, -0.15) is 8.42 Å². The van der Waals surface area contributed by atoms with Crippen LogP contribution in [0.3, 0.4) is 0 Å². The Kier molecular flexibility index (Phi) is 7.23. The van der Waals surface area contributed by atoms with Crippen LogP contribution in [0.2, 0.25) is 0 Å². The monoisotopic (exact) mass is 513 g/mol. The van der Waals surface area contributed by atoms with Crippen LogP contribution in [0.15, 0.2) is 47.5 Å². The number of anilines is 1. The maximum Gasteiger partial charge on any atom is 0.333 e. The molecule has 3 atom stereocenters. The van der Waals surface area contributed by atoms with E-state index < -0.39 is 40.5 Å². The second kappa shape index (κ2) is 10.2. The van der Waals surface area contributed by atoms with Crippen LogP contribution in [-0.2, 0) is 21.0 Å². The molecule has 4 rings (SSSR count). The maximum absolute atomic E-state index is 14.6. The predicted molar refractivity (Wildman–Crippen MR) is 117 cm³/mol. The first-order valence-electron chi connectivity index (χ1n) is 10.5. The van der Waals surface area contributed by atoms with Gasteiger partial charge in [0.1, 0.15) is 24.1 Å². The third-order valence-electron chi connectivity index (χ3n) is 5.58. The van der Waals surface area contributed by atoms with Crippen LogP contribution in [0, 0.1) is 5.92 Å². The van der Waals surface area contributed by atoms with Gasteiger partial charge in [0.05, 0.1) is 24.8 Å². The molecular weight excluding hydrogens is 491 g/mol. The first kappa shape index (κ1) is 24.9. The van der Waals surface area contributed by atoms with E-state index in [4.69, 9.17) is 9.56 Å². The van der Waals surface area contributed by atoms with Gasteiger partial charge in [-0.15, -0.1) is 0 Å². The highest BCUT2D eigenvalue weighted by Crippen LogP contribution is 2.32. The summed E-state index contributed by atoms with van der Waals surface area (Å²) in [6.07, 6.45) is 1.91. The minimum Gasteiger partial charge on any atom is -0.458 e. The van der Waals surface area contributed by atoms with Crippen molar-refractivity contribution in [1.82, 2.24) is 14.5 Å². The Morgan fingerprint density at radius 3 is 2.83 bits per heavy atom. The summed E-state index contributed by atoms with van der Waals surface area (Å²) in [4.78, 5) is 21.1. The fraction of sp³-hybridized carbons (Fsp3) is 0.381. The molecule has 188 valence electrons. The molecule has 3 N–H and O–H groups in total. The van der Waals surface area contributed by atoms with Crippen molar-refractivity contribution in [3.8, 4) is 0 Å². The van der Waals surface area contributed by atoms with Gasteiger partial charge in [-0.1, -0.05) is 0 Å². The molecule has 3 aromatic heterocycles. The molecule has 0 radical (unpaired) electrons. The third kappa shape index (κ3) is 6.26. The molecule has 3 unspecified atom stereocenters. The van der Waals surface area contributed by atoms with Crippen molar-refractivity contribution in [3.63, 3.8) is 0 Å². The second-order valence-electron chi connectivity index (χ2n) is 8.17. The van der Waals surface area contributed by atoms with Crippen molar-refractivity contribution in [1.29, 1.82) is 0 Å². The van der Waals surface area contributed by atoms with E-state index in [0.717, 1.165) is 0 Å². The topological polar surface area (TPSA) is 142 Å². The van der Waals surface area contributed by atoms with E-state index in [0.29, 0.717) is 5.76 Å². The van der Waals surface area contributed by atoms with Crippen LogP contribution < -0.4 is 10.5 Å². The standard InChI is InChI=1S/C21H22F3N5O5S/c22-16-5-12(10-33-35(25,31)32)6-17(16)28-21-15(7-26-11-27-21)19(30)13-3-4-29(8-13)9-14-1-2-18(34-14)20(23)24/h1-4,7-8,11-12,16-17,20H,5-6,9-10H2,(H2,25,31,32)(H,26,27,28). The SMILES string of the molecule is NS(=O)(=O)OCC1CC(F)C(Nc2ncncc2C(=O)c2ccn(Cc3ccc(C(F)F)o3)c2)C1. The zero-order valence-corrected chi connectivity index (χ0v) is 19.0. The predicted octanol–water partition coefficient (Wildman–Crippen LogP) is 2.84. The highest BCUT2D eigenvalue weighted by molar-refractivity contribution is 7.84. The number of furan rings is 1. The van der Waals surface area contributed by atoms with Crippen LogP contribution in [0.5, 0.6) is 0 Å². The van der Waals surface area contributed by atoms with Gasteiger partial charge in [0.25, 0.3) is 6.43 Å². The van der Waals surface area contributed by atoms with Crippen molar-refractivity contribution in [2.75, 3.05) is 11.9 Å². The van der Waals surface area contributed by atoms with Gasteiger partial charge in [0, 0.05) is 24.2 Å². The number of ketones is 1. The van der Waals surface area contributed by atoms with Crippen LogP contribution in [0.4, 0.5) is 19.0 Å². The van der Waals surface area contributed by atoms with E-state index in [1.54, 1.807) is 16.8 Å². The van der Waals surface area contributed by atoms with Crippen LogP contribution in [0.25, 0.3) is 0 Å². The number of hydrogen-bond donors (Lipinski definition) is 2. The molecular formula is C21H22F3N5O5S. The number of rotatable bonds is 10. The van der Waals surface area contributed by atoms with Gasteiger partial charge in [0.15, 0.2) is 11.5 Å². The molecule has 1 saturated carbocycles. The first-order valence-corrected chi connectivity index (χ1v) is 12.0. The van der Waals surface area contributed by atoms with Crippen molar-refractivity contribution in [3.05, 3.63) is 65.8 Å². The summed E-state index contributed by atoms with van der Waals surface area (Å²) in [5.74, 6) is -0.815. The lowest BCUT2D eigenvalue weighted by Gasteiger charge is -2.17. The van der Waals surface area contributed by atoms with Gasteiger partial charge in [-0.05, 0) is 37.0 Å². The molecule has 0 aromatic carbocycles. The molecule has 0 amide bonds. The van der Waals surface area contributed by atoms with Crippen molar-refractivity contribution >= 4 is 21.9 Å². The van der Waals surface area contributed by atoms with Gasteiger partial charge in [-0.25, -0.2) is 28.3 Å². The summed E-state index contributed by atoms with van der Waals surface area (Å²) in [5, 5.41) is 7.74. The highest BCUT2D eigenvalue weighted by atomic mass is 32.2. The number of aromatic nitrogens is 3. The summed E-state index contributed by atoms with van der Waals surface area (Å²) in [7, 11) is -4.12. The minimum atomic E-state index is -4.12. The van der Waals surface area contributed by atoms with Crippen LogP contribution in [-0.4, -0.2) is 47.6 Å². The van der Waals surface area contributed by atoms with E-state index in [-0.39, 0.29) is 48.9 Å². The number of carbonyl (C=O) groups excluding carboxylic acids is 1. The molecule has 1 fully saturated rings. The number of alkyl halides is 3. The van der Waals surface area contributed by atoms with E-state index in [9.17, 15) is 26.4 Å². The van der Waals surface area contributed by atoms with Gasteiger partial charge >= 0.3 is 10.3 Å². The Bertz CT molecular complexity index is 1300. The number of carbonyl (C=O) groups is 1. The number of nitrogens with one attached hydrogen (secondary N) is 1. The van der Waals surface area contributed by atoms with Crippen molar-refractivity contribution in [2.24, 2.45) is 11.1 Å². The van der Waals surface area contributed by atoms with Gasteiger partial charge in [0.2, 0.25) is 0 Å². The average Bonchev–Trinajstić information content (AvgIpc) is 3.53. The smallest absolute Gasteiger partial charge is 0.333 e. The molecule has 1 aliphatic carbocycles. The van der Waals surface area contributed by atoms with Crippen molar-refractivity contribution in [2.45, 2.75) is 38.0 Å². The minimum absolute atomic E-state index is 0.0600. The Hall–Kier alpha value is -3.23. The zero-order valence-electron chi connectivity index (χ0n) is 18.2. The second-order valence-corrected chi connectivity index (χ2v) is 9.39.